The molecule has 0 aromatic heterocycles. The number of carbonyl (C=O) groups is 1. The van der Waals surface area contributed by atoms with Crippen LogP contribution in [0.4, 0.5) is 5.69 Å². The van der Waals surface area contributed by atoms with Crippen LogP contribution in [-0.4, -0.2) is 72.7 Å². The normalized spacial score (nSPS) is 20.5. The van der Waals surface area contributed by atoms with Gasteiger partial charge in [0.05, 0.1) is 6.10 Å². The molecule has 1 fully saturated rings. The third-order valence-electron chi connectivity index (χ3n) is 4.82. The van der Waals surface area contributed by atoms with Crippen molar-refractivity contribution < 1.29 is 9.90 Å². The van der Waals surface area contributed by atoms with Gasteiger partial charge in [0, 0.05) is 57.9 Å². The lowest BCUT2D eigenvalue weighted by atomic mass is 10.2. The average molecular weight is 317 g/mol. The van der Waals surface area contributed by atoms with Crippen LogP contribution in [0.1, 0.15) is 18.9 Å². The van der Waals surface area contributed by atoms with Crippen LogP contribution in [-0.2, 0) is 11.2 Å². The maximum absolute atomic E-state index is 12.5. The zero-order valence-corrected chi connectivity index (χ0v) is 13.9. The van der Waals surface area contributed by atoms with Gasteiger partial charge in [-0.05, 0) is 25.0 Å². The van der Waals surface area contributed by atoms with Crippen LogP contribution in [0, 0.1) is 0 Å². The molecule has 0 aliphatic carbocycles. The van der Waals surface area contributed by atoms with Gasteiger partial charge in [-0.25, -0.2) is 0 Å². The molecule has 1 N–H and O–H groups in total. The van der Waals surface area contributed by atoms with Crippen molar-refractivity contribution in [2.45, 2.75) is 25.9 Å². The number of hydrogen-bond acceptors (Lipinski definition) is 4. The Morgan fingerprint density at radius 3 is 2.57 bits per heavy atom. The van der Waals surface area contributed by atoms with Gasteiger partial charge >= 0.3 is 0 Å². The summed E-state index contributed by atoms with van der Waals surface area (Å²) in [6, 6.07) is 8.21. The highest BCUT2D eigenvalue weighted by Gasteiger charge is 2.25. The SMILES string of the molecule is C[C@@H](O)CN1CCN(CCC(=O)N2CCc3ccccc32)CC1. The number of rotatable bonds is 5. The summed E-state index contributed by atoms with van der Waals surface area (Å²) in [5.41, 5.74) is 2.38. The Morgan fingerprint density at radius 2 is 1.83 bits per heavy atom. The highest BCUT2D eigenvalue weighted by molar-refractivity contribution is 5.95. The lowest BCUT2D eigenvalue weighted by Gasteiger charge is -2.35. The number of hydrogen-bond donors (Lipinski definition) is 1. The van der Waals surface area contributed by atoms with Gasteiger partial charge in [0.15, 0.2) is 0 Å². The van der Waals surface area contributed by atoms with Crippen molar-refractivity contribution in [3.05, 3.63) is 29.8 Å². The highest BCUT2D eigenvalue weighted by atomic mass is 16.3. The second kappa shape index (κ2) is 7.43. The van der Waals surface area contributed by atoms with Crippen molar-refractivity contribution in [2.24, 2.45) is 0 Å². The number of β-amino-alcohol motifs (C(OH)–C–C–N with tert-alkyl or cyclic N) is 1. The summed E-state index contributed by atoms with van der Waals surface area (Å²) in [5, 5.41) is 9.44. The van der Waals surface area contributed by atoms with Gasteiger partial charge in [-0.15, -0.1) is 0 Å². The van der Waals surface area contributed by atoms with Crippen LogP contribution in [0.2, 0.25) is 0 Å². The van der Waals surface area contributed by atoms with Gasteiger partial charge in [0.1, 0.15) is 0 Å². The average Bonchev–Trinajstić information content (AvgIpc) is 2.97. The summed E-state index contributed by atoms with van der Waals surface area (Å²) in [7, 11) is 0. The smallest absolute Gasteiger partial charge is 0.228 e. The van der Waals surface area contributed by atoms with E-state index in [2.05, 4.69) is 21.9 Å². The van der Waals surface area contributed by atoms with E-state index in [1.807, 2.05) is 24.0 Å². The van der Waals surface area contributed by atoms with Crippen molar-refractivity contribution in [3.63, 3.8) is 0 Å². The largest absolute Gasteiger partial charge is 0.392 e. The highest BCUT2D eigenvalue weighted by Crippen LogP contribution is 2.27. The fraction of sp³-hybridized carbons (Fsp3) is 0.611. The quantitative estimate of drug-likeness (QED) is 0.879. The van der Waals surface area contributed by atoms with E-state index in [1.54, 1.807) is 0 Å². The molecule has 1 atom stereocenters. The monoisotopic (exact) mass is 317 g/mol. The Kier molecular flexibility index (Phi) is 5.30. The molecule has 1 aromatic carbocycles. The molecule has 5 nitrogen and oxygen atoms in total. The lowest BCUT2D eigenvalue weighted by molar-refractivity contribution is -0.118. The Balaban J connectivity index is 1.44. The van der Waals surface area contributed by atoms with Crippen LogP contribution < -0.4 is 4.90 Å². The second-order valence-electron chi connectivity index (χ2n) is 6.67. The van der Waals surface area contributed by atoms with Gasteiger partial charge in [0.25, 0.3) is 0 Å². The molecule has 0 unspecified atom stereocenters. The zero-order valence-electron chi connectivity index (χ0n) is 13.9. The van der Waals surface area contributed by atoms with Crippen molar-refractivity contribution in [2.75, 3.05) is 50.7 Å². The fourth-order valence-electron chi connectivity index (χ4n) is 3.56. The first-order valence-corrected chi connectivity index (χ1v) is 8.64. The minimum absolute atomic E-state index is 0.237. The third kappa shape index (κ3) is 4.10. The molecule has 2 aliphatic rings. The molecular formula is C18H27N3O2. The summed E-state index contributed by atoms with van der Waals surface area (Å²) in [5.74, 6) is 0.237. The number of para-hydroxylation sites is 1. The number of nitrogens with zero attached hydrogens (tertiary/aromatic N) is 3. The fourth-order valence-corrected chi connectivity index (χ4v) is 3.56. The predicted molar refractivity (Wildman–Crippen MR) is 91.7 cm³/mol. The standard InChI is InChI=1S/C18H27N3O2/c1-15(22)14-20-12-10-19(11-13-20)8-7-18(23)21-9-6-16-4-2-3-5-17(16)21/h2-5,15,22H,6-14H2,1H3/t15-/m1/s1. The van der Waals surface area contributed by atoms with Gasteiger partial charge in [0.2, 0.25) is 5.91 Å². The summed E-state index contributed by atoms with van der Waals surface area (Å²) < 4.78 is 0. The van der Waals surface area contributed by atoms with E-state index in [1.165, 1.54) is 5.56 Å². The molecule has 0 saturated carbocycles. The van der Waals surface area contributed by atoms with Crippen molar-refractivity contribution in [1.82, 2.24) is 9.80 Å². The number of aliphatic hydroxyl groups is 1. The van der Waals surface area contributed by atoms with Crippen molar-refractivity contribution in [3.8, 4) is 0 Å². The molecule has 0 bridgehead atoms. The summed E-state index contributed by atoms with van der Waals surface area (Å²) in [4.78, 5) is 19.1. The van der Waals surface area contributed by atoms with Crippen LogP contribution in [0.3, 0.4) is 0 Å². The molecule has 2 aliphatic heterocycles. The van der Waals surface area contributed by atoms with Crippen LogP contribution in [0.5, 0.6) is 0 Å². The molecular weight excluding hydrogens is 290 g/mol. The van der Waals surface area contributed by atoms with Crippen LogP contribution in [0.25, 0.3) is 0 Å². The van der Waals surface area contributed by atoms with E-state index in [0.717, 1.165) is 57.9 Å². The molecule has 5 heteroatoms. The van der Waals surface area contributed by atoms with E-state index in [0.29, 0.717) is 6.42 Å². The summed E-state index contributed by atoms with van der Waals surface area (Å²) in [6.07, 6.45) is 1.29. The van der Waals surface area contributed by atoms with Gasteiger partial charge in [-0.3, -0.25) is 9.69 Å². The number of anilines is 1. The van der Waals surface area contributed by atoms with Crippen molar-refractivity contribution >= 4 is 11.6 Å². The van der Waals surface area contributed by atoms with Crippen LogP contribution >= 0.6 is 0 Å². The second-order valence-corrected chi connectivity index (χ2v) is 6.67. The number of benzene rings is 1. The molecule has 3 rings (SSSR count). The molecule has 1 saturated heterocycles. The van der Waals surface area contributed by atoms with E-state index in [4.69, 9.17) is 0 Å². The van der Waals surface area contributed by atoms with Crippen LogP contribution in [0.15, 0.2) is 24.3 Å². The Bertz CT molecular complexity index is 539. The van der Waals surface area contributed by atoms with E-state index >= 15 is 0 Å². The lowest BCUT2D eigenvalue weighted by Crippen LogP contribution is -2.48. The first kappa shape index (κ1) is 16.4. The first-order valence-electron chi connectivity index (χ1n) is 8.64. The number of amides is 1. The van der Waals surface area contributed by atoms with E-state index < -0.39 is 0 Å². The van der Waals surface area contributed by atoms with E-state index in [-0.39, 0.29) is 12.0 Å². The summed E-state index contributed by atoms with van der Waals surface area (Å²) >= 11 is 0. The predicted octanol–water partition coefficient (Wildman–Crippen LogP) is 0.964. The molecule has 0 radical (unpaired) electrons. The summed E-state index contributed by atoms with van der Waals surface area (Å²) in [6.45, 7) is 8.15. The molecule has 126 valence electrons. The Labute approximate surface area is 138 Å². The van der Waals surface area contributed by atoms with Gasteiger partial charge in [-0.2, -0.15) is 0 Å². The number of fused-ring (bicyclic) bond motifs is 1. The maximum atomic E-state index is 12.5. The van der Waals surface area contributed by atoms with E-state index in [9.17, 15) is 9.90 Å². The minimum Gasteiger partial charge on any atom is -0.392 e. The Morgan fingerprint density at radius 1 is 1.13 bits per heavy atom. The topological polar surface area (TPSA) is 47.0 Å². The van der Waals surface area contributed by atoms with Crippen molar-refractivity contribution in [1.29, 1.82) is 0 Å². The molecule has 0 spiro atoms. The minimum atomic E-state index is -0.265. The molecule has 23 heavy (non-hydrogen) atoms. The molecule has 1 aromatic rings. The maximum Gasteiger partial charge on any atom is 0.228 e. The Hall–Kier alpha value is -1.43. The first-order chi connectivity index (χ1) is 11.1. The molecule has 1 amide bonds. The van der Waals surface area contributed by atoms with Gasteiger partial charge < -0.3 is 14.9 Å². The number of piperazine rings is 1. The third-order valence-corrected chi connectivity index (χ3v) is 4.82. The zero-order chi connectivity index (χ0) is 16.2. The van der Waals surface area contributed by atoms with Gasteiger partial charge in [-0.1, -0.05) is 18.2 Å². The number of aliphatic hydroxyl groups excluding tert-OH is 1. The number of carbonyl (C=O) groups excluding carboxylic acids is 1. The molecule has 2 heterocycles.